The number of halogens is 1. The SMILES string of the molecule is CC(C)(O)[C@H](F)CN(c1ccncc1C(N)=O)C1(Cc2ccc3cc(C#N)cnn23)COC1. The van der Waals surface area contributed by atoms with Crippen LogP contribution in [0.5, 0.6) is 0 Å². The summed E-state index contributed by atoms with van der Waals surface area (Å²) in [6.07, 6.45) is 3.14. The normalized spacial score (nSPS) is 16.1. The molecule has 3 aromatic heterocycles. The topological polar surface area (TPSA) is 130 Å². The number of aliphatic hydroxyl groups is 1. The fourth-order valence-electron chi connectivity index (χ4n) is 4.02. The van der Waals surface area contributed by atoms with E-state index in [0.29, 0.717) is 17.7 Å². The van der Waals surface area contributed by atoms with E-state index in [1.807, 2.05) is 12.1 Å². The van der Waals surface area contributed by atoms with Gasteiger partial charge in [0.05, 0.1) is 59.4 Å². The Morgan fingerprint density at radius 1 is 1.42 bits per heavy atom. The largest absolute Gasteiger partial charge is 0.387 e. The lowest BCUT2D eigenvalue weighted by molar-refractivity contribution is -0.0656. The molecule has 0 unspecified atom stereocenters. The second-order valence-electron chi connectivity index (χ2n) is 8.90. The van der Waals surface area contributed by atoms with Crippen molar-refractivity contribution in [3.8, 4) is 6.07 Å². The molecule has 4 heterocycles. The van der Waals surface area contributed by atoms with Gasteiger partial charge in [0, 0.05) is 24.5 Å². The highest BCUT2D eigenvalue weighted by atomic mass is 19.1. The quantitative estimate of drug-likeness (QED) is 0.531. The molecule has 1 aliphatic rings. The van der Waals surface area contributed by atoms with Crippen molar-refractivity contribution < 1.29 is 19.0 Å². The number of anilines is 1. The van der Waals surface area contributed by atoms with Crippen LogP contribution in [0.3, 0.4) is 0 Å². The lowest BCUT2D eigenvalue weighted by Gasteiger charge is -2.52. The standard InChI is InChI=1S/C23H25FN6O3/c1-22(2,32)20(24)12-29(19-5-6-27-11-18(19)21(26)31)23(13-33-14-23)8-17-4-3-16-7-15(9-25)10-28-30(16)17/h3-7,10-11,20,32H,8,12-14H2,1-2H3,(H2,26,31)/t20-/m1/s1. The number of hydrogen-bond donors (Lipinski definition) is 2. The Morgan fingerprint density at radius 3 is 2.79 bits per heavy atom. The maximum absolute atomic E-state index is 15.2. The van der Waals surface area contributed by atoms with Crippen molar-refractivity contribution in [3.05, 3.63) is 59.7 Å². The van der Waals surface area contributed by atoms with E-state index in [9.17, 15) is 9.90 Å². The molecular weight excluding hydrogens is 427 g/mol. The minimum Gasteiger partial charge on any atom is -0.387 e. The van der Waals surface area contributed by atoms with Crippen LogP contribution in [-0.4, -0.2) is 62.7 Å². The Kier molecular flexibility index (Phi) is 5.78. The summed E-state index contributed by atoms with van der Waals surface area (Å²) in [6.45, 7) is 3.16. The van der Waals surface area contributed by atoms with Crippen molar-refractivity contribution in [3.63, 3.8) is 0 Å². The molecule has 0 aromatic carbocycles. The van der Waals surface area contributed by atoms with Crippen LogP contribution in [0.1, 0.15) is 35.5 Å². The number of carbonyl (C=O) groups is 1. The lowest BCUT2D eigenvalue weighted by atomic mass is 9.86. The number of alkyl halides is 1. The maximum Gasteiger partial charge on any atom is 0.252 e. The van der Waals surface area contributed by atoms with E-state index in [-0.39, 0.29) is 25.3 Å². The molecule has 1 aliphatic heterocycles. The molecule has 1 saturated heterocycles. The molecule has 0 spiro atoms. The number of hydrogen-bond acceptors (Lipinski definition) is 7. The Hall–Kier alpha value is -3.55. The van der Waals surface area contributed by atoms with Gasteiger partial charge in [0.2, 0.25) is 0 Å². The van der Waals surface area contributed by atoms with E-state index < -0.39 is 23.2 Å². The van der Waals surface area contributed by atoms with Crippen molar-refractivity contribution in [2.75, 3.05) is 24.7 Å². The summed E-state index contributed by atoms with van der Waals surface area (Å²) < 4.78 is 22.5. The highest BCUT2D eigenvalue weighted by Crippen LogP contribution is 2.37. The number of pyridine rings is 1. The van der Waals surface area contributed by atoms with Crippen LogP contribution in [0.25, 0.3) is 5.52 Å². The predicted molar refractivity (Wildman–Crippen MR) is 118 cm³/mol. The molecule has 33 heavy (non-hydrogen) atoms. The van der Waals surface area contributed by atoms with Crippen LogP contribution in [0.15, 0.2) is 42.9 Å². The van der Waals surface area contributed by atoms with Crippen LogP contribution in [0, 0.1) is 11.3 Å². The van der Waals surface area contributed by atoms with Gasteiger partial charge in [0.25, 0.3) is 5.91 Å². The Bertz CT molecular complexity index is 1220. The summed E-state index contributed by atoms with van der Waals surface area (Å²) in [4.78, 5) is 17.9. The van der Waals surface area contributed by atoms with E-state index in [1.54, 1.807) is 21.5 Å². The molecule has 9 nitrogen and oxygen atoms in total. The fourth-order valence-corrected chi connectivity index (χ4v) is 4.02. The molecule has 0 radical (unpaired) electrons. The summed E-state index contributed by atoms with van der Waals surface area (Å²) in [7, 11) is 0. The van der Waals surface area contributed by atoms with Crippen LogP contribution in [-0.2, 0) is 11.2 Å². The third-order valence-corrected chi connectivity index (χ3v) is 6.00. The lowest BCUT2D eigenvalue weighted by Crippen LogP contribution is -2.66. The fraction of sp³-hybridized carbons (Fsp3) is 0.391. The van der Waals surface area contributed by atoms with Crippen LogP contribution in [0.4, 0.5) is 10.1 Å². The van der Waals surface area contributed by atoms with Gasteiger partial charge in [0.1, 0.15) is 12.2 Å². The summed E-state index contributed by atoms with van der Waals surface area (Å²) >= 11 is 0. The Morgan fingerprint density at radius 2 is 2.18 bits per heavy atom. The zero-order valence-electron chi connectivity index (χ0n) is 18.4. The highest BCUT2D eigenvalue weighted by molar-refractivity contribution is 5.98. The van der Waals surface area contributed by atoms with Crippen molar-refractivity contribution in [1.82, 2.24) is 14.6 Å². The third-order valence-electron chi connectivity index (χ3n) is 6.00. The molecule has 0 aliphatic carbocycles. The van der Waals surface area contributed by atoms with Crippen molar-refractivity contribution in [1.29, 1.82) is 5.26 Å². The number of primary amides is 1. The van der Waals surface area contributed by atoms with E-state index in [1.165, 1.54) is 32.4 Å². The van der Waals surface area contributed by atoms with E-state index in [4.69, 9.17) is 15.7 Å². The first-order chi connectivity index (χ1) is 15.6. The number of fused-ring (bicyclic) bond motifs is 1. The average molecular weight is 452 g/mol. The molecule has 3 aromatic rings. The first-order valence-electron chi connectivity index (χ1n) is 10.5. The van der Waals surface area contributed by atoms with Gasteiger partial charge in [-0.2, -0.15) is 10.4 Å². The smallest absolute Gasteiger partial charge is 0.252 e. The monoisotopic (exact) mass is 452 g/mol. The number of rotatable bonds is 8. The molecule has 1 atom stereocenters. The summed E-state index contributed by atoms with van der Waals surface area (Å²) in [5.41, 5.74) is 5.89. The van der Waals surface area contributed by atoms with Gasteiger partial charge in [0.15, 0.2) is 0 Å². The molecule has 1 fully saturated rings. The second-order valence-corrected chi connectivity index (χ2v) is 8.90. The minimum absolute atomic E-state index is 0.156. The van der Waals surface area contributed by atoms with Crippen molar-refractivity contribution in [2.45, 2.75) is 37.6 Å². The number of nitriles is 1. The number of nitrogens with zero attached hydrogens (tertiary/aromatic N) is 5. The summed E-state index contributed by atoms with van der Waals surface area (Å²) in [6, 6.07) is 9.18. The van der Waals surface area contributed by atoms with E-state index in [0.717, 1.165) is 11.2 Å². The number of ether oxygens (including phenoxy) is 1. The van der Waals surface area contributed by atoms with E-state index in [2.05, 4.69) is 16.2 Å². The van der Waals surface area contributed by atoms with Crippen molar-refractivity contribution in [2.24, 2.45) is 5.73 Å². The molecular formula is C23H25FN6O3. The van der Waals surface area contributed by atoms with Gasteiger partial charge < -0.3 is 20.5 Å². The van der Waals surface area contributed by atoms with Crippen LogP contribution >= 0.6 is 0 Å². The third kappa shape index (κ3) is 4.25. The van der Waals surface area contributed by atoms with Gasteiger partial charge in [-0.05, 0) is 38.1 Å². The van der Waals surface area contributed by atoms with Crippen molar-refractivity contribution >= 4 is 17.1 Å². The molecule has 0 saturated carbocycles. The van der Waals surface area contributed by atoms with Crippen LogP contribution < -0.4 is 10.6 Å². The van der Waals surface area contributed by atoms with Gasteiger partial charge in [-0.1, -0.05) is 0 Å². The zero-order valence-corrected chi connectivity index (χ0v) is 18.4. The van der Waals surface area contributed by atoms with E-state index >= 15 is 4.39 Å². The highest BCUT2D eigenvalue weighted by Gasteiger charge is 2.47. The number of amides is 1. The summed E-state index contributed by atoms with van der Waals surface area (Å²) in [5.74, 6) is -0.684. The number of carbonyl (C=O) groups excluding carboxylic acids is 1. The molecule has 3 N–H and O–H groups in total. The van der Waals surface area contributed by atoms with Gasteiger partial charge in [-0.25, -0.2) is 8.91 Å². The minimum atomic E-state index is -1.62. The number of nitrogens with two attached hydrogens (primary N) is 1. The second kappa shape index (κ2) is 8.42. The number of aromatic nitrogens is 3. The zero-order chi connectivity index (χ0) is 23.8. The molecule has 10 heteroatoms. The van der Waals surface area contributed by atoms with Gasteiger partial charge >= 0.3 is 0 Å². The van der Waals surface area contributed by atoms with Crippen LogP contribution in [0.2, 0.25) is 0 Å². The first-order valence-corrected chi connectivity index (χ1v) is 10.5. The molecule has 172 valence electrons. The first kappa shape index (κ1) is 22.6. The Balaban J connectivity index is 1.78. The summed E-state index contributed by atoms with van der Waals surface area (Å²) in [5, 5.41) is 23.8. The average Bonchev–Trinajstić information content (AvgIpc) is 3.15. The molecule has 4 rings (SSSR count). The maximum atomic E-state index is 15.2. The van der Waals surface area contributed by atoms with Gasteiger partial charge in [-0.3, -0.25) is 9.78 Å². The molecule has 1 amide bonds. The molecule has 0 bridgehead atoms. The predicted octanol–water partition coefficient (Wildman–Crippen LogP) is 1.63. The Labute approximate surface area is 190 Å². The van der Waals surface area contributed by atoms with Gasteiger partial charge in [-0.15, -0.1) is 0 Å².